The first-order valence-corrected chi connectivity index (χ1v) is 8.04. The van der Waals surface area contributed by atoms with Gasteiger partial charge in [-0.25, -0.2) is 0 Å². The molecule has 3 rings (SSSR count). The molecule has 7 heteroatoms. The van der Waals surface area contributed by atoms with Crippen LogP contribution < -0.4 is 20.1 Å². The van der Waals surface area contributed by atoms with Gasteiger partial charge in [0.25, 0.3) is 0 Å². The molecule has 0 bridgehead atoms. The van der Waals surface area contributed by atoms with Gasteiger partial charge in [-0.1, -0.05) is 6.07 Å². The molecule has 6 nitrogen and oxygen atoms in total. The van der Waals surface area contributed by atoms with E-state index < -0.39 is 0 Å². The van der Waals surface area contributed by atoms with Gasteiger partial charge in [0, 0.05) is 25.7 Å². The van der Waals surface area contributed by atoms with E-state index in [1.54, 1.807) is 7.05 Å². The van der Waals surface area contributed by atoms with E-state index >= 15 is 0 Å². The minimum Gasteiger partial charge on any atom is -0.466 e. The third kappa shape index (κ3) is 5.04. The number of aryl methyl sites for hydroxylation is 2. The molecule has 136 valence electrons. The summed E-state index contributed by atoms with van der Waals surface area (Å²) in [6.45, 7) is 5.70. The molecule has 0 aliphatic carbocycles. The second-order valence-electron chi connectivity index (χ2n) is 5.73. The fraction of sp³-hybridized carbons (Fsp3) is 0.389. The van der Waals surface area contributed by atoms with Crippen molar-refractivity contribution in [3.8, 4) is 11.5 Å². The van der Waals surface area contributed by atoms with Crippen molar-refractivity contribution in [3.63, 3.8) is 0 Å². The molecule has 25 heavy (non-hydrogen) atoms. The number of hydrogen-bond acceptors (Lipinski definition) is 4. The predicted molar refractivity (Wildman–Crippen MR) is 108 cm³/mol. The van der Waals surface area contributed by atoms with E-state index in [9.17, 15) is 0 Å². The second-order valence-corrected chi connectivity index (χ2v) is 5.73. The van der Waals surface area contributed by atoms with Crippen molar-refractivity contribution in [1.82, 2.24) is 10.6 Å². The Bertz CT molecular complexity index is 743. The van der Waals surface area contributed by atoms with Gasteiger partial charge >= 0.3 is 0 Å². The molecule has 0 amide bonds. The average molecular weight is 457 g/mol. The largest absolute Gasteiger partial charge is 0.466 e. The van der Waals surface area contributed by atoms with E-state index in [4.69, 9.17) is 13.9 Å². The van der Waals surface area contributed by atoms with E-state index in [0.717, 1.165) is 47.5 Å². The number of hydrogen-bond donors (Lipinski definition) is 2. The predicted octanol–water partition coefficient (Wildman–Crippen LogP) is 3.15. The SMILES string of the molecule is CN=C(NCCc1ccc2c(c1)OCO2)NCc1cc(C)oc1C.I. The minimum atomic E-state index is 0. The van der Waals surface area contributed by atoms with Gasteiger partial charge in [-0.15, -0.1) is 24.0 Å². The van der Waals surface area contributed by atoms with Crippen molar-refractivity contribution in [2.45, 2.75) is 26.8 Å². The van der Waals surface area contributed by atoms with Crippen LogP contribution in [0, 0.1) is 13.8 Å². The normalized spacial score (nSPS) is 12.7. The topological polar surface area (TPSA) is 68.0 Å². The zero-order valence-electron chi connectivity index (χ0n) is 14.7. The van der Waals surface area contributed by atoms with Crippen molar-refractivity contribution in [1.29, 1.82) is 0 Å². The number of guanidine groups is 1. The summed E-state index contributed by atoms with van der Waals surface area (Å²) in [7, 11) is 1.77. The van der Waals surface area contributed by atoms with Crippen LogP contribution in [0.4, 0.5) is 0 Å². The monoisotopic (exact) mass is 457 g/mol. The molecule has 1 aromatic heterocycles. The smallest absolute Gasteiger partial charge is 0.231 e. The zero-order valence-corrected chi connectivity index (χ0v) is 17.0. The Labute approximate surface area is 165 Å². The zero-order chi connectivity index (χ0) is 16.9. The molecule has 1 aromatic carbocycles. The van der Waals surface area contributed by atoms with Gasteiger partial charge in [-0.05, 0) is 44.0 Å². The number of nitrogens with one attached hydrogen (secondary N) is 2. The molecule has 1 aliphatic rings. The average Bonchev–Trinajstić information content (AvgIpc) is 3.16. The number of ether oxygens (including phenoxy) is 2. The van der Waals surface area contributed by atoms with Crippen molar-refractivity contribution < 1.29 is 13.9 Å². The molecule has 2 aromatic rings. The summed E-state index contributed by atoms with van der Waals surface area (Å²) in [6.07, 6.45) is 0.876. The van der Waals surface area contributed by atoms with Gasteiger partial charge in [0.2, 0.25) is 6.79 Å². The first-order valence-electron chi connectivity index (χ1n) is 8.04. The van der Waals surface area contributed by atoms with E-state index in [0.29, 0.717) is 13.3 Å². The highest BCUT2D eigenvalue weighted by Gasteiger charge is 2.13. The lowest BCUT2D eigenvalue weighted by Crippen LogP contribution is -2.37. The summed E-state index contributed by atoms with van der Waals surface area (Å²) >= 11 is 0. The first kappa shape index (κ1) is 19.4. The second kappa shape index (κ2) is 8.98. The standard InChI is InChI=1S/C18H23N3O3.HI/c1-12-8-15(13(2)24-12)10-21-18(19-3)20-7-6-14-4-5-16-17(9-14)23-11-22-16;/h4-5,8-9H,6-7,10-11H2,1-3H3,(H2,19,20,21);1H. The van der Waals surface area contributed by atoms with Crippen LogP contribution in [0.25, 0.3) is 0 Å². The van der Waals surface area contributed by atoms with Crippen LogP contribution in [0.3, 0.4) is 0 Å². The summed E-state index contributed by atoms with van der Waals surface area (Å²) in [5.74, 6) is 4.27. The molecular formula is C18H24IN3O3. The lowest BCUT2D eigenvalue weighted by molar-refractivity contribution is 0.174. The quantitative estimate of drug-likeness (QED) is 0.410. The van der Waals surface area contributed by atoms with Crippen LogP contribution in [0.2, 0.25) is 0 Å². The van der Waals surface area contributed by atoms with Crippen LogP contribution >= 0.6 is 24.0 Å². The van der Waals surface area contributed by atoms with Gasteiger partial charge < -0.3 is 24.5 Å². The summed E-state index contributed by atoms with van der Waals surface area (Å²) in [5.41, 5.74) is 2.34. The van der Waals surface area contributed by atoms with Crippen molar-refractivity contribution in [3.05, 3.63) is 46.9 Å². The Morgan fingerprint density at radius 1 is 1.12 bits per heavy atom. The molecule has 0 atom stereocenters. The Morgan fingerprint density at radius 2 is 1.92 bits per heavy atom. The van der Waals surface area contributed by atoms with Gasteiger partial charge in [0.15, 0.2) is 17.5 Å². The number of rotatable bonds is 5. The van der Waals surface area contributed by atoms with E-state index in [2.05, 4.69) is 21.7 Å². The molecule has 0 fully saturated rings. The van der Waals surface area contributed by atoms with Gasteiger partial charge in [-0.2, -0.15) is 0 Å². The van der Waals surface area contributed by atoms with E-state index in [1.807, 2.05) is 32.0 Å². The lowest BCUT2D eigenvalue weighted by Gasteiger charge is -2.11. The Hall–Kier alpha value is -1.90. The van der Waals surface area contributed by atoms with Crippen LogP contribution in [-0.2, 0) is 13.0 Å². The highest BCUT2D eigenvalue weighted by atomic mass is 127. The highest BCUT2D eigenvalue weighted by Crippen LogP contribution is 2.32. The van der Waals surface area contributed by atoms with Crippen LogP contribution in [0.5, 0.6) is 11.5 Å². The minimum absolute atomic E-state index is 0. The van der Waals surface area contributed by atoms with Crippen molar-refractivity contribution in [2.24, 2.45) is 4.99 Å². The number of furan rings is 1. The molecular weight excluding hydrogens is 433 g/mol. The molecule has 0 saturated carbocycles. The van der Waals surface area contributed by atoms with Crippen LogP contribution in [-0.4, -0.2) is 26.3 Å². The van der Waals surface area contributed by atoms with Crippen LogP contribution in [0.15, 0.2) is 33.7 Å². The molecule has 0 saturated heterocycles. The van der Waals surface area contributed by atoms with Crippen LogP contribution in [0.1, 0.15) is 22.6 Å². The third-order valence-electron chi connectivity index (χ3n) is 3.96. The number of fused-ring (bicyclic) bond motifs is 1. The summed E-state index contributed by atoms with van der Waals surface area (Å²) in [4.78, 5) is 4.25. The third-order valence-corrected chi connectivity index (χ3v) is 3.96. The molecule has 2 heterocycles. The Balaban J connectivity index is 0.00000225. The van der Waals surface area contributed by atoms with Crippen molar-refractivity contribution in [2.75, 3.05) is 20.4 Å². The fourth-order valence-corrected chi connectivity index (χ4v) is 2.68. The first-order chi connectivity index (χ1) is 11.7. The van der Waals surface area contributed by atoms with Crippen molar-refractivity contribution >= 4 is 29.9 Å². The van der Waals surface area contributed by atoms with Gasteiger partial charge in [0.1, 0.15) is 11.5 Å². The van der Waals surface area contributed by atoms with Gasteiger partial charge in [0.05, 0.1) is 0 Å². The number of nitrogens with zero attached hydrogens (tertiary/aromatic N) is 1. The molecule has 0 spiro atoms. The summed E-state index contributed by atoms with van der Waals surface area (Å²) in [6, 6.07) is 8.08. The fourth-order valence-electron chi connectivity index (χ4n) is 2.68. The lowest BCUT2D eigenvalue weighted by atomic mass is 10.1. The number of benzene rings is 1. The molecule has 1 aliphatic heterocycles. The molecule has 0 unspecified atom stereocenters. The molecule has 2 N–H and O–H groups in total. The Morgan fingerprint density at radius 3 is 2.64 bits per heavy atom. The number of halogens is 1. The maximum atomic E-state index is 5.53. The maximum absolute atomic E-state index is 5.53. The number of aliphatic imine (C=N–C) groups is 1. The van der Waals surface area contributed by atoms with E-state index in [-0.39, 0.29) is 24.0 Å². The highest BCUT2D eigenvalue weighted by molar-refractivity contribution is 14.0. The van der Waals surface area contributed by atoms with Gasteiger partial charge in [-0.3, -0.25) is 4.99 Å². The summed E-state index contributed by atoms with van der Waals surface area (Å²) in [5, 5.41) is 6.62. The molecule has 0 radical (unpaired) electrons. The van der Waals surface area contributed by atoms with E-state index in [1.165, 1.54) is 5.56 Å². The summed E-state index contributed by atoms with van der Waals surface area (Å²) < 4.78 is 16.3. The Kier molecular flexibility index (Phi) is 6.98. The maximum Gasteiger partial charge on any atom is 0.231 e.